The summed E-state index contributed by atoms with van der Waals surface area (Å²) in [4.78, 5) is 21.3. The number of hydrogen-bond acceptors (Lipinski definition) is 3. The molecule has 0 heterocycles. The number of hydrogen-bond donors (Lipinski definition) is 3. The fourth-order valence-electron chi connectivity index (χ4n) is 4.47. The summed E-state index contributed by atoms with van der Waals surface area (Å²) in [5.41, 5.74) is 5.47. The monoisotopic (exact) mass is 551 g/mol. The molecule has 1 atom stereocenters. The third kappa shape index (κ3) is 36.4. The van der Waals surface area contributed by atoms with Crippen LogP contribution in [0.4, 0.5) is 0 Å². The molecule has 0 bridgehead atoms. The predicted molar refractivity (Wildman–Crippen MR) is 168 cm³/mol. The number of unbranched alkanes of at least 4 members (excludes halogenated alkanes) is 20. The van der Waals surface area contributed by atoms with Gasteiger partial charge >= 0.3 is 11.9 Å². The molecule has 0 radical (unpaired) electrons. The van der Waals surface area contributed by atoms with Gasteiger partial charge in [0, 0.05) is 0 Å². The molecular weight excluding hydrogens is 486 g/mol. The van der Waals surface area contributed by atoms with Crippen LogP contribution in [0.2, 0.25) is 0 Å². The van der Waals surface area contributed by atoms with E-state index in [2.05, 4.69) is 26.0 Å². The fourth-order valence-corrected chi connectivity index (χ4v) is 4.47. The SMILES string of the molecule is CCCCCCCC/C=C\CCCCCCCCN.CCCCCCCCCC/C=C/C(CC(=O)O)C(=O)O. The largest absolute Gasteiger partial charge is 0.481 e. The Bertz CT molecular complexity index is 574. The van der Waals surface area contributed by atoms with E-state index in [-0.39, 0.29) is 6.42 Å². The molecule has 0 aliphatic rings. The Kier molecular flexibility index (Phi) is 34.9. The van der Waals surface area contributed by atoms with Crippen molar-refractivity contribution in [2.24, 2.45) is 11.7 Å². The minimum Gasteiger partial charge on any atom is -0.481 e. The van der Waals surface area contributed by atoms with Crippen molar-refractivity contribution >= 4 is 11.9 Å². The highest BCUT2D eigenvalue weighted by atomic mass is 16.4. The lowest BCUT2D eigenvalue weighted by Crippen LogP contribution is -2.15. The van der Waals surface area contributed by atoms with Gasteiger partial charge in [0.05, 0.1) is 12.3 Å². The number of carboxylic acids is 2. The van der Waals surface area contributed by atoms with Crippen LogP contribution in [0.3, 0.4) is 0 Å². The number of rotatable bonds is 28. The summed E-state index contributed by atoms with van der Waals surface area (Å²) < 4.78 is 0. The number of carbonyl (C=O) groups is 2. The Morgan fingerprint density at radius 2 is 0.923 bits per heavy atom. The maximum atomic E-state index is 10.8. The summed E-state index contributed by atoms with van der Waals surface area (Å²) in [6.07, 6.45) is 37.6. The molecule has 0 aromatic rings. The van der Waals surface area contributed by atoms with Gasteiger partial charge < -0.3 is 15.9 Å². The minimum absolute atomic E-state index is 0.344. The standard InChI is InChI=1S/C18H37N.C16H28O4/c1-2-3-4-5-6-7-8-9-10-11-12-13-14-15-16-17-18-19;1-2-3-4-5-6-7-8-9-10-11-12-14(16(19)20)13-15(17)18/h9-10H,2-8,11-19H2,1H3;11-12,14H,2-10,13H2,1H3,(H,17,18)(H,19,20)/b10-9-;12-11+. The molecule has 4 N–H and O–H groups in total. The van der Waals surface area contributed by atoms with Crippen LogP contribution in [0, 0.1) is 5.92 Å². The Morgan fingerprint density at radius 1 is 0.564 bits per heavy atom. The molecule has 0 aromatic heterocycles. The Morgan fingerprint density at radius 3 is 1.28 bits per heavy atom. The van der Waals surface area contributed by atoms with Crippen LogP contribution in [-0.2, 0) is 9.59 Å². The van der Waals surface area contributed by atoms with E-state index in [4.69, 9.17) is 15.9 Å². The zero-order chi connectivity index (χ0) is 29.2. The summed E-state index contributed by atoms with van der Waals surface area (Å²) in [6, 6.07) is 0. The van der Waals surface area contributed by atoms with Gasteiger partial charge in [-0.05, 0) is 51.5 Å². The molecule has 0 fully saturated rings. The van der Waals surface area contributed by atoms with Crippen molar-refractivity contribution in [3.8, 4) is 0 Å². The second-order valence-corrected chi connectivity index (χ2v) is 11.0. The summed E-state index contributed by atoms with van der Waals surface area (Å²) in [5.74, 6) is -3.05. The van der Waals surface area contributed by atoms with E-state index in [0.717, 1.165) is 25.8 Å². The summed E-state index contributed by atoms with van der Waals surface area (Å²) in [5, 5.41) is 17.4. The van der Waals surface area contributed by atoms with Gasteiger partial charge in [0.25, 0.3) is 0 Å². The van der Waals surface area contributed by atoms with Gasteiger partial charge in [0.1, 0.15) is 0 Å². The first-order valence-corrected chi connectivity index (χ1v) is 16.5. The summed E-state index contributed by atoms with van der Waals surface area (Å²) >= 11 is 0. The first-order chi connectivity index (χ1) is 19.0. The van der Waals surface area contributed by atoms with Crippen LogP contribution < -0.4 is 5.73 Å². The quantitative estimate of drug-likeness (QED) is 0.0663. The lowest BCUT2D eigenvalue weighted by molar-refractivity contribution is -0.146. The zero-order valence-electron chi connectivity index (χ0n) is 25.9. The van der Waals surface area contributed by atoms with Crippen molar-refractivity contribution in [2.45, 2.75) is 168 Å². The lowest BCUT2D eigenvalue weighted by atomic mass is 10.0. The molecule has 0 aromatic carbocycles. The third-order valence-electron chi connectivity index (χ3n) is 7.02. The van der Waals surface area contributed by atoms with Crippen molar-refractivity contribution in [1.82, 2.24) is 0 Å². The van der Waals surface area contributed by atoms with Crippen LogP contribution in [0.25, 0.3) is 0 Å². The molecule has 0 saturated heterocycles. The molecule has 1 unspecified atom stereocenters. The Hall–Kier alpha value is -1.62. The minimum atomic E-state index is -1.07. The molecule has 0 saturated carbocycles. The average Bonchev–Trinajstić information content (AvgIpc) is 2.91. The topological polar surface area (TPSA) is 101 Å². The summed E-state index contributed by atoms with van der Waals surface area (Å²) in [6.45, 7) is 5.35. The highest BCUT2D eigenvalue weighted by molar-refractivity contribution is 5.79. The second kappa shape index (κ2) is 34.4. The third-order valence-corrected chi connectivity index (χ3v) is 7.02. The zero-order valence-corrected chi connectivity index (χ0v) is 25.9. The number of carboxylic acid groups (broad SMARTS) is 2. The molecule has 5 heteroatoms. The van der Waals surface area contributed by atoms with Crippen LogP contribution in [0.15, 0.2) is 24.3 Å². The van der Waals surface area contributed by atoms with Gasteiger partial charge in [-0.25, -0.2) is 0 Å². The van der Waals surface area contributed by atoms with Crippen LogP contribution in [0.1, 0.15) is 168 Å². The van der Waals surface area contributed by atoms with E-state index in [1.807, 2.05) is 0 Å². The predicted octanol–water partition coefficient (Wildman–Crippen LogP) is 10.2. The average molecular weight is 552 g/mol. The van der Waals surface area contributed by atoms with E-state index in [1.54, 1.807) is 6.08 Å². The molecule has 39 heavy (non-hydrogen) atoms. The Balaban J connectivity index is 0. The number of nitrogens with two attached hydrogens (primary N) is 1. The number of aliphatic carboxylic acids is 2. The van der Waals surface area contributed by atoms with Crippen LogP contribution in [0.5, 0.6) is 0 Å². The first kappa shape index (κ1) is 39.5. The van der Waals surface area contributed by atoms with Crippen molar-refractivity contribution in [2.75, 3.05) is 6.54 Å². The molecule has 230 valence electrons. The van der Waals surface area contributed by atoms with Crippen molar-refractivity contribution < 1.29 is 19.8 Å². The van der Waals surface area contributed by atoms with Crippen LogP contribution in [-0.4, -0.2) is 28.7 Å². The van der Waals surface area contributed by atoms with E-state index in [9.17, 15) is 9.59 Å². The van der Waals surface area contributed by atoms with Gasteiger partial charge in [-0.2, -0.15) is 0 Å². The normalized spacial score (nSPS) is 12.1. The van der Waals surface area contributed by atoms with Crippen molar-refractivity contribution in [3.63, 3.8) is 0 Å². The lowest BCUT2D eigenvalue weighted by Gasteiger charge is -2.03. The molecule has 0 aliphatic heterocycles. The Labute approximate surface area is 242 Å². The van der Waals surface area contributed by atoms with Gasteiger partial charge in [0.15, 0.2) is 0 Å². The molecule has 0 rings (SSSR count). The molecule has 0 spiro atoms. The van der Waals surface area contributed by atoms with Crippen LogP contribution >= 0.6 is 0 Å². The second-order valence-electron chi connectivity index (χ2n) is 11.0. The maximum Gasteiger partial charge on any atom is 0.310 e. The number of allylic oxidation sites excluding steroid dienone is 3. The van der Waals surface area contributed by atoms with Gasteiger partial charge in [0.2, 0.25) is 0 Å². The molecule has 0 aliphatic carbocycles. The van der Waals surface area contributed by atoms with Crippen molar-refractivity contribution in [1.29, 1.82) is 0 Å². The highest BCUT2D eigenvalue weighted by Crippen LogP contribution is 2.12. The highest BCUT2D eigenvalue weighted by Gasteiger charge is 2.17. The first-order valence-electron chi connectivity index (χ1n) is 16.5. The summed E-state index contributed by atoms with van der Waals surface area (Å²) in [7, 11) is 0. The maximum absolute atomic E-state index is 10.8. The van der Waals surface area contributed by atoms with E-state index in [0.29, 0.717) is 0 Å². The van der Waals surface area contributed by atoms with Crippen molar-refractivity contribution in [3.05, 3.63) is 24.3 Å². The molecule has 5 nitrogen and oxygen atoms in total. The molecule has 0 amide bonds. The smallest absolute Gasteiger partial charge is 0.310 e. The van der Waals surface area contributed by atoms with Gasteiger partial charge in [-0.3, -0.25) is 9.59 Å². The van der Waals surface area contributed by atoms with E-state index >= 15 is 0 Å². The fraction of sp³-hybridized carbons (Fsp3) is 0.824. The molecular formula is C34H65NO4. The van der Waals surface area contributed by atoms with E-state index < -0.39 is 17.9 Å². The van der Waals surface area contributed by atoms with Gasteiger partial charge in [-0.1, -0.05) is 141 Å². The van der Waals surface area contributed by atoms with E-state index in [1.165, 1.54) is 134 Å². The van der Waals surface area contributed by atoms with Gasteiger partial charge in [-0.15, -0.1) is 0 Å².